The number of hydrogen-bond acceptors (Lipinski definition) is 2. The van der Waals surface area contributed by atoms with Gasteiger partial charge in [-0.05, 0) is 44.7 Å². The summed E-state index contributed by atoms with van der Waals surface area (Å²) >= 11 is 0. The summed E-state index contributed by atoms with van der Waals surface area (Å²) in [5.41, 5.74) is 4.79. The summed E-state index contributed by atoms with van der Waals surface area (Å²) in [7, 11) is 0. The van der Waals surface area contributed by atoms with E-state index in [2.05, 4.69) is 43.1 Å². The highest BCUT2D eigenvalue weighted by molar-refractivity contribution is 5.95. The molecule has 3 heteroatoms. The topological polar surface area (TPSA) is 33.2 Å². The number of benzene rings is 1. The Bertz CT molecular complexity index is 706. The monoisotopic (exact) mass is 308 g/mol. The standard InChI is InChI=1S/C20H24N2O/c1-14-6-8-17(9-7-14)19-11-10-18(16(3)21-19)20(23)22-12-4-5-15(2)13-22/h6-11,15H,4-5,12-13H2,1-3H3. The highest BCUT2D eigenvalue weighted by atomic mass is 16.2. The first-order valence-corrected chi connectivity index (χ1v) is 8.38. The first kappa shape index (κ1) is 15.7. The van der Waals surface area contributed by atoms with Crippen LogP contribution in [0, 0.1) is 19.8 Å². The van der Waals surface area contributed by atoms with Gasteiger partial charge in [0, 0.05) is 18.7 Å². The molecule has 0 bridgehead atoms. The van der Waals surface area contributed by atoms with Gasteiger partial charge in [-0.2, -0.15) is 0 Å². The molecule has 2 heterocycles. The summed E-state index contributed by atoms with van der Waals surface area (Å²) < 4.78 is 0. The van der Waals surface area contributed by atoms with E-state index in [9.17, 15) is 4.79 Å². The van der Waals surface area contributed by atoms with Crippen molar-refractivity contribution in [3.8, 4) is 11.3 Å². The Kier molecular flexibility index (Phi) is 4.46. The number of likely N-dealkylation sites (tertiary alicyclic amines) is 1. The third-order valence-corrected chi connectivity index (χ3v) is 4.61. The van der Waals surface area contributed by atoms with Gasteiger partial charge >= 0.3 is 0 Å². The lowest BCUT2D eigenvalue weighted by Crippen LogP contribution is -2.39. The Hall–Kier alpha value is -2.16. The Morgan fingerprint density at radius 1 is 1.13 bits per heavy atom. The summed E-state index contributed by atoms with van der Waals surface area (Å²) in [6, 6.07) is 12.2. The lowest BCUT2D eigenvalue weighted by atomic mass is 9.99. The minimum atomic E-state index is 0.122. The van der Waals surface area contributed by atoms with Crippen LogP contribution in [0.1, 0.15) is 41.4 Å². The molecule has 23 heavy (non-hydrogen) atoms. The van der Waals surface area contributed by atoms with E-state index in [4.69, 9.17) is 0 Å². The second kappa shape index (κ2) is 6.53. The average Bonchev–Trinajstić information content (AvgIpc) is 2.55. The van der Waals surface area contributed by atoms with E-state index in [0.29, 0.717) is 5.92 Å². The first-order valence-electron chi connectivity index (χ1n) is 8.38. The van der Waals surface area contributed by atoms with Gasteiger partial charge in [-0.25, -0.2) is 0 Å². The summed E-state index contributed by atoms with van der Waals surface area (Å²) in [5, 5.41) is 0. The minimum Gasteiger partial charge on any atom is -0.338 e. The summed E-state index contributed by atoms with van der Waals surface area (Å²) in [5.74, 6) is 0.713. The molecule has 0 spiro atoms. The van der Waals surface area contributed by atoms with E-state index in [0.717, 1.165) is 42.0 Å². The zero-order chi connectivity index (χ0) is 16.4. The van der Waals surface area contributed by atoms with Crippen molar-refractivity contribution in [3.63, 3.8) is 0 Å². The van der Waals surface area contributed by atoms with Crippen LogP contribution in [0.15, 0.2) is 36.4 Å². The molecular formula is C20H24N2O. The molecule has 1 unspecified atom stereocenters. The van der Waals surface area contributed by atoms with Crippen molar-refractivity contribution in [2.75, 3.05) is 13.1 Å². The smallest absolute Gasteiger partial charge is 0.255 e. The molecule has 1 amide bonds. The summed E-state index contributed by atoms with van der Waals surface area (Å²) in [4.78, 5) is 19.4. The van der Waals surface area contributed by atoms with Gasteiger partial charge in [0.05, 0.1) is 17.0 Å². The molecule has 0 aliphatic carbocycles. The van der Waals surface area contributed by atoms with Crippen molar-refractivity contribution < 1.29 is 4.79 Å². The van der Waals surface area contributed by atoms with Crippen molar-refractivity contribution in [1.82, 2.24) is 9.88 Å². The zero-order valence-corrected chi connectivity index (χ0v) is 14.2. The van der Waals surface area contributed by atoms with Crippen molar-refractivity contribution >= 4 is 5.91 Å². The number of pyridine rings is 1. The molecule has 1 aliphatic rings. The number of carbonyl (C=O) groups excluding carboxylic acids is 1. The summed E-state index contributed by atoms with van der Waals surface area (Å²) in [6.45, 7) is 7.94. The van der Waals surface area contributed by atoms with Crippen LogP contribution < -0.4 is 0 Å². The number of carbonyl (C=O) groups is 1. The summed E-state index contributed by atoms with van der Waals surface area (Å²) in [6.07, 6.45) is 2.31. The van der Waals surface area contributed by atoms with Gasteiger partial charge in [-0.15, -0.1) is 0 Å². The number of piperidine rings is 1. The molecular weight excluding hydrogens is 284 g/mol. The lowest BCUT2D eigenvalue weighted by molar-refractivity contribution is 0.0682. The van der Waals surface area contributed by atoms with Crippen molar-refractivity contribution in [1.29, 1.82) is 0 Å². The third kappa shape index (κ3) is 3.44. The molecule has 1 saturated heterocycles. The Morgan fingerprint density at radius 3 is 2.52 bits per heavy atom. The Balaban J connectivity index is 1.84. The third-order valence-electron chi connectivity index (χ3n) is 4.61. The van der Waals surface area contributed by atoms with E-state index in [1.807, 2.05) is 24.0 Å². The van der Waals surface area contributed by atoms with Crippen LogP contribution in [0.25, 0.3) is 11.3 Å². The van der Waals surface area contributed by atoms with Crippen LogP contribution in [-0.4, -0.2) is 28.9 Å². The van der Waals surface area contributed by atoms with Crippen LogP contribution in [0.5, 0.6) is 0 Å². The van der Waals surface area contributed by atoms with Gasteiger partial charge in [-0.3, -0.25) is 9.78 Å². The predicted molar refractivity (Wildman–Crippen MR) is 93.4 cm³/mol. The maximum Gasteiger partial charge on any atom is 0.255 e. The Morgan fingerprint density at radius 2 is 1.87 bits per heavy atom. The number of rotatable bonds is 2. The number of aryl methyl sites for hydroxylation is 2. The number of hydrogen-bond donors (Lipinski definition) is 0. The predicted octanol–water partition coefficient (Wildman–Crippen LogP) is 4.24. The molecule has 1 aromatic carbocycles. The molecule has 0 radical (unpaired) electrons. The molecule has 120 valence electrons. The highest BCUT2D eigenvalue weighted by Crippen LogP contribution is 2.22. The van der Waals surface area contributed by atoms with Crippen molar-refractivity contribution in [2.45, 2.75) is 33.6 Å². The largest absolute Gasteiger partial charge is 0.338 e. The van der Waals surface area contributed by atoms with E-state index < -0.39 is 0 Å². The maximum absolute atomic E-state index is 12.7. The quantitative estimate of drug-likeness (QED) is 0.831. The minimum absolute atomic E-state index is 0.122. The van der Waals surface area contributed by atoms with E-state index in [1.165, 1.54) is 12.0 Å². The second-order valence-electron chi connectivity index (χ2n) is 6.69. The van der Waals surface area contributed by atoms with Crippen molar-refractivity contribution in [2.24, 2.45) is 5.92 Å². The highest BCUT2D eigenvalue weighted by Gasteiger charge is 2.23. The fourth-order valence-electron chi connectivity index (χ4n) is 3.22. The number of aromatic nitrogens is 1. The second-order valence-corrected chi connectivity index (χ2v) is 6.69. The van der Waals surface area contributed by atoms with E-state index in [-0.39, 0.29) is 5.91 Å². The first-order chi connectivity index (χ1) is 11.0. The Labute approximate surface area is 138 Å². The molecule has 1 aromatic heterocycles. The lowest BCUT2D eigenvalue weighted by Gasteiger charge is -2.31. The number of nitrogens with zero attached hydrogens (tertiary/aromatic N) is 2. The van der Waals surface area contributed by atoms with Crippen LogP contribution >= 0.6 is 0 Å². The van der Waals surface area contributed by atoms with E-state index >= 15 is 0 Å². The van der Waals surface area contributed by atoms with Crippen molar-refractivity contribution in [3.05, 3.63) is 53.2 Å². The molecule has 3 rings (SSSR count). The van der Waals surface area contributed by atoms with Gasteiger partial charge in [-0.1, -0.05) is 36.8 Å². The van der Waals surface area contributed by atoms with E-state index in [1.54, 1.807) is 0 Å². The van der Waals surface area contributed by atoms with Crippen LogP contribution in [0.4, 0.5) is 0 Å². The maximum atomic E-state index is 12.7. The van der Waals surface area contributed by atoms with Gasteiger partial charge in [0.25, 0.3) is 5.91 Å². The normalized spacial score (nSPS) is 18.0. The van der Waals surface area contributed by atoms with Gasteiger partial charge in [0.1, 0.15) is 0 Å². The van der Waals surface area contributed by atoms with Crippen LogP contribution in [-0.2, 0) is 0 Å². The van der Waals surface area contributed by atoms with Crippen LogP contribution in [0.2, 0.25) is 0 Å². The molecule has 0 N–H and O–H groups in total. The molecule has 3 nitrogen and oxygen atoms in total. The SMILES string of the molecule is Cc1ccc(-c2ccc(C(=O)N3CCCC(C)C3)c(C)n2)cc1. The molecule has 1 aliphatic heterocycles. The average molecular weight is 308 g/mol. The van der Waals surface area contributed by atoms with Gasteiger partial charge < -0.3 is 4.90 Å². The zero-order valence-electron chi connectivity index (χ0n) is 14.2. The molecule has 1 atom stereocenters. The number of amides is 1. The van der Waals surface area contributed by atoms with Gasteiger partial charge in [0.2, 0.25) is 0 Å². The molecule has 1 fully saturated rings. The van der Waals surface area contributed by atoms with Crippen LogP contribution in [0.3, 0.4) is 0 Å². The molecule has 2 aromatic rings. The molecule has 0 saturated carbocycles. The van der Waals surface area contributed by atoms with Gasteiger partial charge in [0.15, 0.2) is 0 Å². The fraction of sp³-hybridized carbons (Fsp3) is 0.400. The fourth-order valence-corrected chi connectivity index (χ4v) is 3.22.